The molecule has 2 aromatic rings. The summed E-state index contributed by atoms with van der Waals surface area (Å²) < 4.78 is 40.0. The average Bonchev–Trinajstić information content (AvgIpc) is 2.43. The fourth-order valence-corrected chi connectivity index (χ4v) is 2.04. The Morgan fingerprint density at radius 1 is 1.04 bits per heavy atom. The van der Waals surface area contributed by atoms with Crippen LogP contribution in [-0.4, -0.2) is 12.3 Å². The summed E-state index contributed by atoms with van der Waals surface area (Å²) in [4.78, 5) is 12.0. The van der Waals surface area contributed by atoms with Crippen LogP contribution in [0.25, 0.3) is 0 Å². The first kappa shape index (κ1) is 16.9. The van der Waals surface area contributed by atoms with Crippen LogP contribution in [-0.2, 0) is 11.2 Å². The molecule has 0 saturated carbocycles. The topological polar surface area (TPSA) is 38.3 Å². The van der Waals surface area contributed by atoms with Crippen LogP contribution in [0, 0.1) is 13.8 Å². The number of carbonyl (C=O) groups is 1. The van der Waals surface area contributed by atoms with E-state index in [4.69, 9.17) is 0 Å². The molecule has 0 saturated heterocycles. The van der Waals surface area contributed by atoms with Crippen molar-refractivity contribution in [2.75, 3.05) is 5.32 Å². The molecular weight excluding hydrogens is 307 g/mol. The first-order valence-electron chi connectivity index (χ1n) is 6.95. The average molecular weight is 323 g/mol. The number of halogens is 3. The van der Waals surface area contributed by atoms with Gasteiger partial charge in [0.1, 0.15) is 5.75 Å². The van der Waals surface area contributed by atoms with Crippen molar-refractivity contribution in [3.8, 4) is 5.75 Å². The number of nitrogens with one attached hydrogen (secondary N) is 1. The van der Waals surface area contributed by atoms with Crippen LogP contribution in [0.5, 0.6) is 5.75 Å². The van der Waals surface area contributed by atoms with Crippen molar-refractivity contribution in [3.05, 3.63) is 59.2 Å². The van der Waals surface area contributed by atoms with Crippen LogP contribution < -0.4 is 10.1 Å². The number of anilines is 1. The molecule has 0 fully saturated rings. The van der Waals surface area contributed by atoms with E-state index in [-0.39, 0.29) is 18.1 Å². The fourth-order valence-electron chi connectivity index (χ4n) is 2.04. The summed E-state index contributed by atoms with van der Waals surface area (Å²) in [7, 11) is 0. The molecular formula is C17H16F3NO2. The van der Waals surface area contributed by atoms with Crippen molar-refractivity contribution in [2.24, 2.45) is 0 Å². The first-order valence-corrected chi connectivity index (χ1v) is 6.95. The van der Waals surface area contributed by atoms with E-state index in [9.17, 15) is 18.0 Å². The molecule has 23 heavy (non-hydrogen) atoms. The van der Waals surface area contributed by atoms with E-state index in [1.165, 1.54) is 12.1 Å². The van der Waals surface area contributed by atoms with Crippen molar-refractivity contribution in [3.63, 3.8) is 0 Å². The molecule has 0 spiro atoms. The lowest BCUT2D eigenvalue weighted by molar-refractivity contribution is -0.274. The van der Waals surface area contributed by atoms with Crippen LogP contribution in [0.4, 0.5) is 18.9 Å². The lowest BCUT2D eigenvalue weighted by atomic mass is 10.0. The minimum absolute atomic E-state index is 0.196. The third kappa shape index (κ3) is 5.32. The summed E-state index contributed by atoms with van der Waals surface area (Å²) in [5, 5.41) is 2.64. The first-order chi connectivity index (χ1) is 10.7. The van der Waals surface area contributed by atoms with Gasteiger partial charge in [-0.25, -0.2) is 0 Å². The quantitative estimate of drug-likeness (QED) is 0.906. The van der Waals surface area contributed by atoms with Crippen LogP contribution in [0.3, 0.4) is 0 Å². The van der Waals surface area contributed by atoms with Gasteiger partial charge >= 0.3 is 6.36 Å². The van der Waals surface area contributed by atoms with Crippen LogP contribution in [0.2, 0.25) is 0 Å². The molecule has 0 radical (unpaired) electrons. The lowest BCUT2D eigenvalue weighted by Crippen LogP contribution is -2.17. The van der Waals surface area contributed by atoms with Gasteiger partial charge < -0.3 is 10.1 Å². The Kier molecular flexibility index (Phi) is 4.93. The van der Waals surface area contributed by atoms with E-state index in [1.54, 1.807) is 0 Å². The maximum atomic E-state index is 12.1. The summed E-state index contributed by atoms with van der Waals surface area (Å²) in [6, 6.07) is 10.8. The predicted molar refractivity (Wildman–Crippen MR) is 81.4 cm³/mol. The van der Waals surface area contributed by atoms with Gasteiger partial charge in [0.25, 0.3) is 0 Å². The Bertz CT molecular complexity index is 694. The zero-order valence-electron chi connectivity index (χ0n) is 12.7. The fraction of sp³-hybridized carbons (Fsp3) is 0.235. The Hall–Kier alpha value is -2.50. The van der Waals surface area contributed by atoms with Gasteiger partial charge in [-0.05, 0) is 54.8 Å². The molecule has 1 amide bonds. The van der Waals surface area contributed by atoms with Crippen molar-refractivity contribution in [1.82, 2.24) is 0 Å². The number of rotatable bonds is 4. The van der Waals surface area contributed by atoms with E-state index in [1.807, 2.05) is 32.0 Å². The van der Waals surface area contributed by atoms with Crippen LogP contribution >= 0.6 is 0 Å². The van der Waals surface area contributed by atoms with Crippen LogP contribution in [0.1, 0.15) is 16.7 Å². The van der Waals surface area contributed by atoms with Crippen molar-refractivity contribution < 1.29 is 22.7 Å². The van der Waals surface area contributed by atoms with Crippen molar-refractivity contribution in [2.45, 2.75) is 26.6 Å². The van der Waals surface area contributed by atoms with E-state index in [0.29, 0.717) is 5.69 Å². The van der Waals surface area contributed by atoms with E-state index in [2.05, 4.69) is 10.1 Å². The van der Waals surface area contributed by atoms with Gasteiger partial charge in [0.15, 0.2) is 0 Å². The minimum atomic E-state index is -4.73. The predicted octanol–water partition coefficient (Wildman–Crippen LogP) is 4.38. The smallest absolute Gasteiger partial charge is 0.406 e. The third-order valence-electron chi connectivity index (χ3n) is 3.31. The monoisotopic (exact) mass is 323 g/mol. The number of alkyl halides is 3. The highest BCUT2D eigenvalue weighted by Crippen LogP contribution is 2.24. The Morgan fingerprint density at radius 3 is 2.26 bits per heavy atom. The highest BCUT2D eigenvalue weighted by Gasteiger charge is 2.30. The summed E-state index contributed by atoms with van der Waals surface area (Å²) in [5.41, 5.74) is 3.54. The molecule has 0 heterocycles. The lowest BCUT2D eigenvalue weighted by Gasteiger charge is -2.10. The highest BCUT2D eigenvalue weighted by atomic mass is 19.4. The number of carbonyl (C=O) groups excluding carboxylic acids is 1. The molecule has 2 aromatic carbocycles. The number of hydrogen-bond acceptors (Lipinski definition) is 2. The summed E-state index contributed by atoms with van der Waals surface area (Å²) in [6.07, 6.45) is -4.53. The van der Waals surface area contributed by atoms with Gasteiger partial charge in [-0.2, -0.15) is 0 Å². The van der Waals surface area contributed by atoms with Crippen molar-refractivity contribution >= 4 is 11.6 Å². The van der Waals surface area contributed by atoms with E-state index in [0.717, 1.165) is 28.8 Å². The maximum Gasteiger partial charge on any atom is 0.573 e. The second kappa shape index (κ2) is 6.73. The molecule has 0 aliphatic heterocycles. The van der Waals surface area contributed by atoms with Gasteiger partial charge in [0.2, 0.25) is 5.91 Å². The standard InChI is InChI=1S/C17H16F3NO2/c1-11-3-4-13(9-12(11)2)10-16(22)21-14-5-7-15(8-6-14)23-17(18,19)20/h3-9H,10H2,1-2H3,(H,21,22). The Balaban J connectivity index is 1.96. The van der Waals surface area contributed by atoms with Gasteiger partial charge in [0, 0.05) is 5.69 Å². The highest BCUT2D eigenvalue weighted by molar-refractivity contribution is 5.92. The molecule has 1 N–H and O–H groups in total. The largest absolute Gasteiger partial charge is 0.573 e. The van der Waals surface area contributed by atoms with Gasteiger partial charge in [0.05, 0.1) is 6.42 Å². The summed E-state index contributed by atoms with van der Waals surface area (Å²) in [6.45, 7) is 3.96. The van der Waals surface area contributed by atoms with Crippen LogP contribution in [0.15, 0.2) is 42.5 Å². The Labute approximate surface area is 132 Å². The molecule has 0 aromatic heterocycles. The second-order valence-corrected chi connectivity index (χ2v) is 5.22. The SMILES string of the molecule is Cc1ccc(CC(=O)Nc2ccc(OC(F)(F)F)cc2)cc1C. The third-order valence-corrected chi connectivity index (χ3v) is 3.31. The maximum absolute atomic E-state index is 12.1. The molecule has 122 valence electrons. The zero-order chi connectivity index (χ0) is 17.0. The summed E-state index contributed by atoms with van der Waals surface area (Å²) >= 11 is 0. The molecule has 2 rings (SSSR count). The number of hydrogen-bond donors (Lipinski definition) is 1. The second-order valence-electron chi connectivity index (χ2n) is 5.22. The van der Waals surface area contributed by atoms with E-state index >= 15 is 0 Å². The van der Waals surface area contributed by atoms with Gasteiger partial charge in [-0.1, -0.05) is 18.2 Å². The normalized spacial score (nSPS) is 11.2. The number of aryl methyl sites for hydroxylation is 2. The number of amides is 1. The minimum Gasteiger partial charge on any atom is -0.406 e. The molecule has 6 heteroatoms. The summed E-state index contributed by atoms with van der Waals surface area (Å²) in [5.74, 6) is -0.567. The van der Waals surface area contributed by atoms with Crippen molar-refractivity contribution in [1.29, 1.82) is 0 Å². The molecule has 0 aliphatic rings. The number of benzene rings is 2. The van der Waals surface area contributed by atoms with E-state index < -0.39 is 6.36 Å². The van der Waals surface area contributed by atoms with Gasteiger partial charge in [-0.3, -0.25) is 4.79 Å². The zero-order valence-corrected chi connectivity index (χ0v) is 12.7. The van der Waals surface area contributed by atoms with Gasteiger partial charge in [-0.15, -0.1) is 13.2 Å². The molecule has 0 unspecified atom stereocenters. The number of ether oxygens (including phenoxy) is 1. The Morgan fingerprint density at radius 2 is 1.70 bits per heavy atom. The molecule has 0 atom stereocenters. The molecule has 3 nitrogen and oxygen atoms in total. The molecule has 0 bridgehead atoms. The molecule has 0 aliphatic carbocycles.